The lowest BCUT2D eigenvalue weighted by molar-refractivity contribution is -0.177. The van der Waals surface area contributed by atoms with Gasteiger partial charge in [-0.15, -0.1) is 0 Å². The van der Waals surface area contributed by atoms with Crippen molar-refractivity contribution in [1.29, 1.82) is 0 Å². The monoisotopic (exact) mass is 304 g/mol. The molecule has 0 unspecified atom stereocenters. The molecule has 1 spiro atoms. The second-order valence-electron chi connectivity index (χ2n) is 6.70. The molecule has 2 fully saturated rings. The third kappa shape index (κ3) is 3.51. The van der Waals surface area contributed by atoms with Gasteiger partial charge in [-0.05, 0) is 49.8 Å². The molecule has 0 bridgehead atoms. The van der Waals surface area contributed by atoms with Crippen molar-refractivity contribution in [2.75, 3.05) is 26.2 Å². The third-order valence-electron chi connectivity index (χ3n) is 5.18. The van der Waals surface area contributed by atoms with E-state index in [0.717, 1.165) is 58.3 Å². The summed E-state index contributed by atoms with van der Waals surface area (Å²) in [7, 11) is 0. The molecule has 2 heterocycles. The maximum atomic E-state index is 10.3. The third-order valence-corrected chi connectivity index (χ3v) is 5.18. The van der Waals surface area contributed by atoms with Crippen LogP contribution in [0, 0.1) is 0 Å². The van der Waals surface area contributed by atoms with E-state index in [-0.39, 0.29) is 11.7 Å². The van der Waals surface area contributed by atoms with Gasteiger partial charge in [-0.2, -0.15) is 0 Å². The zero-order chi connectivity index (χ0) is 15.4. The molecule has 0 aliphatic carbocycles. The Labute approximate surface area is 133 Å². The number of aliphatic hydroxyl groups is 1. The largest absolute Gasteiger partial charge is 0.390 e. The minimum atomic E-state index is -0.279. The molecule has 3 N–H and O–H groups in total. The Bertz CT molecular complexity index is 466. The van der Waals surface area contributed by atoms with Gasteiger partial charge < -0.3 is 15.6 Å². The van der Waals surface area contributed by atoms with Gasteiger partial charge in [0.25, 0.3) is 0 Å². The predicted octanol–water partition coefficient (Wildman–Crippen LogP) is 1.69. The average molecular weight is 304 g/mol. The van der Waals surface area contributed by atoms with Gasteiger partial charge in [0, 0.05) is 26.2 Å². The summed E-state index contributed by atoms with van der Waals surface area (Å²) >= 11 is 0. The molecule has 0 amide bonds. The van der Waals surface area contributed by atoms with Crippen LogP contribution in [-0.2, 0) is 17.7 Å². The molecule has 122 valence electrons. The lowest BCUT2D eigenvalue weighted by atomic mass is 9.82. The lowest BCUT2D eigenvalue weighted by Gasteiger charge is -2.46. The highest BCUT2D eigenvalue weighted by molar-refractivity contribution is 5.22. The summed E-state index contributed by atoms with van der Waals surface area (Å²) in [5.74, 6) is 0. The van der Waals surface area contributed by atoms with Gasteiger partial charge >= 0.3 is 0 Å². The summed E-state index contributed by atoms with van der Waals surface area (Å²) in [4.78, 5) is 2.47. The summed E-state index contributed by atoms with van der Waals surface area (Å²) in [6.07, 6.45) is 4.43. The zero-order valence-electron chi connectivity index (χ0n) is 13.3. The number of nitrogens with two attached hydrogens (primary N) is 1. The molecule has 2 aliphatic rings. The molecule has 4 nitrogen and oxygen atoms in total. The highest BCUT2D eigenvalue weighted by Crippen LogP contribution is 2.35. The predicted molar refractivity (Wildman–Crippen MR) is 87.6 cm³/mol. The first kappa shape index (κ1) is 15.9. The number of likely N-dealkylation sites (tertiary alicyclic amines) is 1. The number of aliphatic hydroxyl groups excluding tert-OH is 1. The Morgan fingerprint density at radius 1 is 1.18 bits per heavy atom. The number of nitrogens with zero attached hydrogens (tertiary/aromatic N) is 1. The minimum absolute atomic E-state index is 0.264. The van der Waals surface area contributed by atoms with Gasteiger partial charge in [-0.1, -0.05) is 24.3 Å². The van der Waals surface area contributed by atoms with Crippen LogP contribution in [0.1, 0.15) is 36.8 Å². The van der Waals surface area contributed by atoms with Crippen molar-refractivity contribution < 1.29 is 9.84 Å². The summed E-state index contributed by atoms with van der Waals surface area (Å²) in [6.45, 7) is 4.49. The molecule has 22 heavy (non-hydrogen) atoms. The van der Waals surface area contributed by atoms with Crippen molar-refractivity contribution in [3.63, 3.8) is 0 Å². The Kier molecular flexibility index (Phi) is 5.14. The van der Waals surface area contributed by atoms with Crippen LogP contribution < -0.4 is 5.73 Å². The number of piperidine rings is 1. The molecule has 1 aromatic carbocycles. The molecule has 2 saturated heterocycles. The SMILES string of the molecule is NCCc1ccc(CN2CCC3(CC2)OCCC[C@H]3O)cc1. The quantitative estimate of drug-likeness (QED) is 0.889. The van der Waals surface area contributed by atoms with Gasteiger partial charge in [-0.3, -0.25) is 4.90 Å². The van der Waals surface area contributed by atoms with Crippen molar-refractivity contribution in [2.24, 2.45) is 5.73 Å². The fourth-order valence-corrected chi connectivity index (χ4v) is 3.71. The van der Waals surface area contributed by atoms with Gasteiger partial charge in [0.15, 0.2) is 0 Å². The van der Waals surface area contributed by atoms with Crippen LogP contribution in [0.2, 0.25) is 0 Å². The van der Waals surface area contributed by atoms with E-state index < -0.39 is 0 Å². The first-order chi connectivity index (χ1) is 10.7. The topological polar surface area (TPSA) is 58.7 Å². The molecule has 4 heteroatoms. The molecular formula is C18H28N2O2. The van der Waals surface area contributed by atoms with E-state index in [4.69, 9.17) is 10.5 Å². The number of rotatable bonds is 4. The normalized spacial score (nSPS) is 25.5. The van der Waals surface area contributed by atoms with Gasteiger partial charge in [0.05, 0.1) is 11.7 Å². The Morgan fingerprint density at radius 3 is 2.50 bits per heavy atom. The molecular weight excluding hydrogens is 276 g/mol. The van der Waals surface area contributed by atoms with Crippen LogP contribution in [0.3, 0.4) is 0 Å². The molecule has 1 atom stereocenters. The van der Waals surface area contributed by atoms with E-state index in [9.17, 15) is 5.11 Å². The van der Waals surface area contributed by atoms with Gasteiger partial charge in [0.1, 0.15) is 0 Å². The number of ether oxygens (including phenoxy) is 1. The second kappa shape index (κ2) is 7.09. The highest BCUT2D eigenvalue weighted by Gasteiger charge is 2.43. The fraction of sp³-hybridized carbons (Fsp3) is 0.667. The molecule has 0 saturated carbocycles. The van der Waals surface area contributed by atoms with Crippen molar-refractivity contribution in [2.45, 2.75) is 50.4 Å². The summed E-state index contributed by atoms with van der Waals surface area (Å²) in [5, 5.41) is 10.3. The maximum Gasteiger partial charge on any atom is 0.0964 e. The summed E-state index contributed by atoms with van der Waals surface area (Å²) in [6, 6.07) is 8.78. The van der Waals surface area contributed by atoms with Crippen LogP contribution in [-0.4, -0.2) is 48.0 Å². The van der Waals surface area contributed by atoms with Crippen LogP contribution in [0.5, 0.6) is 0 Å². The smallest absolute Gasteiger partial charge is 0.0964 e. The van der Waals surface area contributed by atoms with Crippen molar-refractivity contribution in [3.05, 3.63) is 35.4 Å². The minimum Gasteiger partial charge on any atom is -0.390 e. The molecule has 3 rings (SSSR count). The standard InChI is InChI=1S/C18H28N2O2/c19-10-7-15-3-5-16(6-4-15)14-20-11-8-18(9-12-20)17(21)2-1-13-22-18/h3-6,17,21H,1-2,7-14,19H2/t17-/m1/s1. The van der Waals surface area contributed by atoms with Crippen molar-refractivity contribution in [1.82, 2.24) is 4.90 Å². The Balaban J connectivity index is 1.53. The van der Waals surface area contributed by atoms with E-state index in [1.807, 2.05) is 0 Å². The molecule has 2 aliphatic heterocycles. The first-order valence-corrected chi connectivity index (χ1v) is 8.54. The Hall–Kier alpha value is -0.940. The van der Waals surface area contributed by atoms with Crippen molar-refractivity contribution >= 4 is 0 Å². The lowest BCUT2D eigenvalue weighted by Crippen LogP contribution is -2.55. The van der Waals surface area contributed by atoms with Crippen LogP contribution in [0.4, 0.5) is 0 Å². The molecule has 1 aromatic rings. The van der Waals surface area contributed by atoms with Crippen molar-refractivity contribution in [3.8, 4) is 0 Å². The molecule has 0 radical (unpaired) electrons. The van der Waals surface area contributed by atoms with Gasteiger partial charge in [-0.25, -0.2) is 0 Å². The van der Waals surface area contributed by atoms with Crippen LogP contribution >= 0.6 is 0 Å². The second-order valence-corrected chi connectivity index (χ2v) is 6.70. The summed E-state index contributed by atoms with van der Waals surface area (Å²) in [5.41, 5.74) is 7.98. The van der Waals surface area contributed by atoms with Gasteiger partial charge in [0.2, 0.25) is 0 Å². The van der Waals surface area contributed by atoms with Crippen LogP contribution in [0.15, 0.2) is 24.3 Å². The Morgan fingerprint density at radius 2 is 1.86 bits per heavy atom. The van der Waals surface area contributed by atoms with E-state index >= 15 is 0 Å². The fourth-order valence-electron chi connectivity index (χ4n) is 3.71. The number of benzene rings is 1. The summed E-state index contributed by atoms with van der Waals surface area (Å²) < 4.78 is 5.97. The van der Waals surface area contributed by atoms with Crippen LogP contribution in [0.25, 0.3) is 0 Å². The van der Waals surface area contributed by atoms with E-state index in [2.05, 4.69) is 29.2 Å². The maximum absolute atomic E-state index is 10.3. The molecule has 0 aromatic heterocycles. The van der Waals surface area contributed by atoms with E-state index in [1.54, 1.807) is 0 Å². The number of hydrogen-bond acceptors (Lipinski definition) is 4. The zero-order valence-corrected chi connectivity index (χ0v) is 13.3. The van der Waals surface area contributed by atoms with E-state index in [0.29, 0.717) is 6.54 Å². The van der Waals surface area contributed by atoms with E-state index in [1.165, 1.54) is 11.1 Å². The number of hydrogen-bond donors (Lipinski definition) is 2. The average Bonchev–Trinajstić information content (AvgIpc) is 2.55. The first-order valence-electron chi connectivity index (χ1n) is 8.54. The highest BCUT2D eigenvalue weighted by atomic mass is 16.5.